The van der Waals surface area contributed by atoms with Crippen molar-refractivity contribution in [2.75, 3.05) is 20.3 Å². The Bertz CT molecular complexity index is 991. The molecule has 0 radical (unpaired) electrons. The number of benzene rings is 1. The van der Waals surface area contributed by atoms with Crippen molar-refractivity contribution in [2.45, 2.75) is 58.8 Å². The van der Waals surface area contributed by atoms with Crippen LogP contribution in [0.5, 0.6) is 11.5 Å². The molecule has 1 aromatic heterocycles. The van der Waals surface area contributed by atoms with Gasteiger partial charge in [-0.2, -0.15) is 0 Å². The predicted molar refractivity (Wildman–Crippen MR) is 127 cm³/mol. The minimum atomic E-state index is -0.574. The van der Waals surface area contributed by atoms with Gasteiger partial charge in [0.15, 0.2) is 17.7 Å². The number of ether oxygens (including phenoxy) is 4. The summed E-state index contributed by atoms with van der Waals surface area (Å²) in [6.45, 7) is 10.5. The lowest BCUT2D eigenvalue weighted by Crippen LogP contribution is -2.48. The van der Waals surface area contributed by atoms with E-state index in [-0.39, 0.29) is 40.9 Å². The maximum Gasteiger partial charge on any atom is 0.308 e. The van der Waals surface area contributed by atoms with Crippen molar-refractivity contribution in [3.05, 3.63) is 53.3 Å². The minimum absolute atomic E-state index is 0.0170. The summed E-state index contributed by atoms with van der Waals surface area (Å²) in [7, 11) is 1.42. The van der Waals surface area contributed by atoms with Gasteiger partial charge in [-0.05, 0) is 23.0 Å². The first kappa shape index (κ1) is 25.6. The van der Waals surface area contributed by atoms with E-state index in [1.54, 1.807) is 0 Å². The zero-order valence-corrected chi connectivity index (χ0v) is 20.7. The van der Waals surface area contributed by atoms with Crippen LogP contribution in [-0.2, 0) is 26.1 Å². The predicted octanol–water partition coefficient (Wildman–Crippen LogP) is 3.66. The van der Waals surface area contributed by atoms with Crippen LogP contribution in [0, 0.1) is 5.92 Å². The molecule has 184 valence electrons. The highest BCUT2D eigenvalue weighted by molar-refractivity contribution is 5.96. The molecule has 8 nitrogen and oxygen atoms in total. The number of aromatic nitrogens is 1. The molecule has 2 heterocycles. The largest absolute Gasteiger partial charge is 0.493 e. The molecule has 1 unspecified atom stereocenters. The SMILES string of the molecule is COc1ccnc(C(=O)NC2COC(C(C)Cc3ccc(C(C)(C)C)cc3)OC2)c1OC(C)=O. The fourth-order valence-electron chi connectivity index (χ4n) is 3.79. The smallest absolute Gasteiger partial charge is 0.308 e. The molecule has 34 heavy (non-hydrogen) atoms. The van der Waals surface area contributed by atoms with E-state index in [0.29, 0.717) is 13.2 Å². The lowest BCUT2D eigenvalue weighted by atomic mass is 9.86. The number of carbonyl (C=O) groups is 2. The Hall–Kier alpha value is -2.97. The quantitative estimate of drug-likeness (QED) is 0.617. The lowest BCUT2D eigenvalue weighted by Gasteiger charge is -2.33. The van der Waals surface area contributed by atoms with Crippen LogP contribution in [0.1, 0.15) is 56.2 Å². The van der Waals surface area contributed by atoms with Crippen LogP contribution in [0.15, 0.2) is 36.5 Å². The van der Waals surface area contributed by atoms with Gasteiger partial charge in [-0.3, -0.25) is 9.59 Å². The second-order valence-corrected chi connectivity index (χ2v) is 9.62. The number of pyridine rings is 1. The molecule has 2 aromatic rings. The summed E-state index contributed by atoms with van der Waals surface area (Å²) in [6.07, 6.45) is 1.88. The molecule has 1 aliphatic rings. The molecule has 1 atom stereocenters. The van der Waals surface area contributed by atoms with E-state index < -0.39 is 11.9 Å². The number of amides is 1. The summed E-state index contributed by atoms with van der Waals surface area (Å²) < 4.78 is 22.2. The van der Waals surface area contributed by atoms with Gasteiger partial charge in [-0.15, -0.1) is 0 Å². The van der Waals surface area contributed by atoms with Crippen molar-refractivity contribution in [3.8, 4) is 11.5 Å². The Morgan fingerprint density at radius 1 is 1.15 bits per heavy atom. The Morgan fingerprint density at radius 3 is 2.35 bits per heavy atom. The third-order valence-corrected chi connectivity index (χ3v) is 5.65. The Balaban J connectivity index is 1.55. The molecular weight excluding hydrogens is 436 g/mol. The normalized spacial score (nSPS) is 19.2. The van der Waals surface area contributed by atoms with Crippen LogP contribution in [0.3, 0.4) is 0 Å². The monoisotopic (exact) mass is 470 g/mol. The number of rotatable bonds is 7. The zero-order valence-electron chi connectivity index (χ0n) is 20.7. The van der Waals surface area contributed by atoms with Gasteiger partial charge in [-0.25, -0.2) is 4.98 Å². The van der Waals surface area contributed by atoms with Gasteiger partial charge in [0.05, 0.1) is 26.4 Å². The van der Waals surface area contributed by atoms with Crippen molar-refractivity contribution < 1.29 is 28.5 Å². The molecule has 8 heteroatoms. The number of carbonyl (C=O) groups excluding carboxylic acids is 2. The van der Waals surface area contributed by atoms with Gasteiger partial charge >= 0.3 is 5.97 Å². The summed E-state index contributed by atoms with van der Waals surface area (Å²) >= 11 is 0. The fraction of sp³-hybridized carbons (Fsp3) is 0.500. The highest BCUT2D eigenvalue weighted by Crippen LogP contribution is 2.30. The summed E-state index contributed by atoms with van der Waals surface area (Å²) in [5, 5.41) is 2.83. The summed E-state index contributed by atoms with van der Waals surface area (Å²) in [4.78, 5) is 28.3. The number of nitrogens with zero attached hydrogens (tertiary/aromatic N) is 1. The molecular formula is C26H34N2O6. The van der Waals surface area contributed by atoms with Crippen molar-refractivity contribution in [3.63, 3.8) is 0 Å². The minimum Gasteiger partial charge on any atom is -0.493 e. The number of esters is 1. The lowest BCUT2D eigenvalue weighted by molar-refractivity contribution is -0.210. The van der Waals surface area contributed by atoms with Gasteiger partial charge < -0.3 is 24.3 Å². The second kappa shape index (κ2) is 11.0. The van der Waals surface area contributed by atoms with Crippen LogP contribution < -0.4 is 14.8 Å². The van der Waals surface area contributed by atoms with Crippen LogP contribution in [0.25, 0.3) is 0 Å². The molecule has 1 amide bonds. The van der Waals surface area contributed by atoms with Gasteiger partial charge in [0.1, 0.15) is 0 Å². The Morgan fingerprint density at radius 2 is 1.79 bits per heavy atom. The molecule has 0 saturated carbocycles. The standard InChI is InChI=1S/C26H34N2O6/c1-16(13-18-7-9-19(10-8-18)26(3,4)5)25-32-14-20(15-33-25)28-24(30)22-23(34-17(2)29)21(31-6)11-12-27-22/h7-12,16,20,25H,13-15H2,1-6H3,(H,28,30). The van der Waals surface area contributed by atoms with Crippen molar-refractivity contribution >= 4 is 11.9 Å². The van der Waals surface area contributed by atoms with Crippen molar-refractivity contribution in [2.24, 2.45) is 5.92 Å². The van der Waals surface area contributed by atoms with E-state index in [0.717, 1.165) is 6.42 Å². The first-order valence-electron chi connectivity index (χ1n) is 11.4. The first-order valence-corrected chi connectivity index (χ1v) is 11.4. The molecule has 1 aliphatic heterocycles. The number of hydrogen-bond donors (Lipinski definition) is 1. The van der Waals surface area contributed by atoms with Crippen LogP contribution in [-0.4, -0.2) is 49.5 Å². The number of nitrogens with one attached hydrogen (secondary N) is 1. The van der Waals surface area contributed by atoms with E-state index in [1.807, 2.05) is 0 Å². The molecule has 1 saturated heterocycles. The van der Waals surface area contributed by atoms with Crippen molar-refractivity contribution in [1.29, 1.82) is 0 Å². The van der Waals surface area contributed by atoms with Gasteiger partial charge in [0.25, 0.3) is 5.91 Å². The van der Waals surface area contributed by atoms with Gasteiger partial charge in [0.2, 0.25) is 5.75 Å². The molecule has 0 spiro atoms. The average molecular weight is 471 g/mol. The summed E-state index contributed by atoms with van der Waals surface area (Å²) in [5.74, 6) is -0.701. The third kappa shape index (κ3) is 6.55. The molecule has 3 rings (SSSR count). The third-order valence-electron chi connectivity index (χ3n) is 5.65. The zero-order chi connectivity index (χ0) is 24.9. The van der Waals surface area contributed by atoms with E-state index in [9.17, 15) is 9.59 Å². The topological polar surface area (TPSA) is 96.0 Å². The highest BCUT2D eigenvalue weighted by Gasteiger charge is 2.29. The molecule has 0 aliphatic carbocycles. The molecule has 0 bridgehead atoms. The average Bonchev–Trinajstić information content (AvgIpc) is 2.79. The fourth-order valence-corrected chi connectivity index (χ4v) is 3.79. The number of hydrogen-bond acceptors (Lipinski definition) is 7. The van der Waals surface area contributed by atoms with Crippen molar-refractivity contribution in [1.82, 2.24) is 10.3 Å². The van der Waals surface area contributed by atoms with E-state index >= 15 is 0 Å². The van der Waals surface area contributed by atoms with E-state index in [2.05, 4.69) is 62.3 Å². The molecule has 1 fully saturated rings. The van der Waals surface area contributed by atoms with Crippen LogP contribution in [0.2, 0.25) is 0 Å². The second-order valence-electron chi connectivity index (χ2n) is 9.62. The maximum atomic E-state index is 12.8. The molecule has 1 N–H and O–H groups in total. The Labute approximate surface area is 201 Å². The van der Waals surface area contributed by atoms with E-state index in [1.165, 1.54) is 37.4 Å². The maximum absolute atomic E-state index is 12.8. The van der Waals surface area contributed by atoms with Gasteiger partial charge in [0, 0.05) is 25.1 Å². The molecule has 1 aromatic carbocycles. The summed E-state index contributed by atoms with van der Waals surface area (Å²) in [5.41, 5.74) is 2.61. The van der Waals surface area contributed by atoms with E-state index in [4.69, 9.17) is 18.9 Å². The van der Waals surface area contributed by atoms with Gasteiger partial charge in [-0.1, -0.05) is 52.0 Å². The Kier molecular flexibility index (Phi) is 8.28. The highest BCUT2D eigenvalue weighted by atomic mass is 16.7. The number of methoxy groups -OCH3 is 1. The first-order chi connectivity index (χ1) is 16.1. The van der Waals surface area contributed by atoms with Crippen LogP contribution >= 0.6 is 0 Å². The van der Waals surface area contributed by atoms with Crippen LogP contribution in [0.4, 0.5) is 0 Å². The summed E-state index contributed by atoms with van der Waals surface area (Å²) in [6, 6.07) is 9.82.